The SMILES string of the molecule is O=C(CSc1nc(=O)n(CCCO)c2c1CCCC2)NCc1ccco1. The van der Waals surface area contributed by atoms with Crippen molar-refractivity contribution in [1.29, 1.82) is 0 Å². The predicted octanol–water partition coefficient (Wildman–Crippen LogP) is 1.51. The number of thioether (sulfide) groups is 1. The molecule has 8 heteroatoms. The van der Waals surface area contributed by atoms with E-state index < -0.39 is 0 Å². The number of carbonyl (C=O) groups is 1. The molecule has 1 amide bonds. The Morgan fingerprint density at radius 3 is 3.00 bits per heavy atom. The third kappa shape index (κ3) is 4.56. The average Bonchev–Trinajstić information content (AvgIpc) is 3.17. The Labute approximate surface area is 155 Å². The third-order valence-corrected chi connectivity index (χ3v) is 5.39. The highest BCUT2D eigenvalue weighted by atomic mass is 32.2. The highest BCUT2D eigenvalue weighted by Gasteiger charge is 2.20. The summed E-state index contributed by atoms with van der Waals surface area (Å²) in [7, 11) is 0. The largest absolute Gasteiger partial charge is 0.467 e. The van der Waals surface area contributed by atoms with E-state index in [1.807, 2.05) is 0 Å². The molecule has 0 bridgehead atoms. The molecule has 0 atom stereocenters. The van der Waals surface area contributed by atoms with Crippen LogP contribution in [0.5, 0.6) is 0 Å². The van der Waals surface area contributed by atoms with Crippen molar-refractivity contribution in [3.63, 3.8) is 0 Å². The number of nitrogens with one attached hydrogen (secondary N) is 1. The Morgan fingerprint density at radius 1 is 1.38 bits per heavy atom. The minimum absolute atomic E-state index is 0.0492. The number of aromatic nitrogens is 2. The lowest BCUT2D eigenvalue weighted by atomic mass is 9.97. The molecule has 7 nitrogen and oxygen atoms in total. The molecule has 0 spiro atoms. The van der Waals surface area contributed by atoms with E-state index in [2.05, 4.69) is 10.3 Å². The second-order valence-electron chi connectivity index (χ2n) is 6.21. The van der Waals surface area contributed by atoms with Gasteiger partial charge in [-0.2, -0.15) is 4.98 Å². The zero-order valence-corrected chi connectivity index (χ0v) is 15.4. The molecule has 2 aromatic rings. The zero-order chi connectivity index (χ0) is 18.4. The molecule has 26 heavy (non-hydrogen) atoms. The standard InChI is InChI=1S/C18H23N3O4S/c22-9-4-8-21-15-7-2-1-6-14(15)17(20-18(21)24)26-12-16(23)19-11-13-5-3-10-25-13/h3,5,10,22H,1-2,4,6-9,11-12H2,(H,19,23). The maximum atomic E-state index is 12.4. The van der Waals surface area contributed by atoms with Crippen LogP contribution in [0.3, 0.4) is 0 Å². The fourth-order valence-electron chi connectivity index (χ4n) is 3.11. The molecular weight excluding hydrogens is 354 g/mol. The molecule has 0 saturated carbocycles. The van der Waals surface area contributed by atoms with E-state index >= 15 is 0 Å². The van der Waals surface area contributed by atoms with Gasteiger partial charge < -0.3 is 14.8 Å². The molecule has 0 unspecified atom stereocenters. The van der Waals surface area contributed by atoms with Crippen LogP contribution in [0.15, 0.2) is 32.6 Å². The Morgan fingerprint density at radius 2 is 2.23 bits per heavy atom. The van der Waals surface area contributed by atoms with Gasteiger partial charge in [-0.3, -0.25) is 9.36 Å². The number of furan rings is 1. The van der Waals surface area contributed by atoms with Crippen molar-refractivity contribution in [3.05, 3.63) is 45.9 Å². The van der Waals surface area contributed by atoms with Crippen molar-refractivity contribution in [3.8, 4) is 0 Å². The van der Waals surface area contributed by atoms with Crippen LogP contribution >= 0.6 is 11.8 Å². The van der Waals surface area contributed by atoms with E-state index in [1.54, 1.807) is 23.0 Å². The molecule has 0 radical (unpaired) electrons. The third-order valence-electron chi connectivity index (χ3n) is 4.37. The monoisotopic (exact) mass is 377 g/mol. The van der Waals surface area contributed by atoms with Gasteiger partial charge in [-0.15, -0.1) is 0 Å². The predicted molar refractivity (Wildman–Crippen MR) is 98.1 cm³/mol. The van der Waals surface area contributed by atoms with Gasteiger partial charge in [0, 0.05) is 24.4 Å². The average molecular weight is 377 g/mol. The van der Waals surface area contributed by atoms with E-state index in [4.69, 9.17) is 9.52 Å². The summed E-state index contributed by atoms with van der Waals surface area (Å²) in [6.07, 6.45) is 5.93. The highest BCUT2D eigenvalue weighted by molar-refractivity contribution is 7.99. The lowest BCUT2D eigenvalue weighted by Crippen LogP contribution is -2.31. The van der Waals surface area contributed by atoms with Gasteiger partial charge in [-0.05, 0) is 44.2 Å². The Balaban J connectivity index is 1.68. The van der Waals surface area contributed by atoms with E-state index in [9.17, 15) is 9.59 Å². The van der Waals surface area contributed by atoms with Crippen LogP contribution in [0, 0.1) is 0 Å². The van der Waals surface area contributed by atoms with E-state index in [0.29, 0.717) is 30.3 Å². The molecule has 1 aliphatic rings. The second-order valence-corrected chi connectivity index (χ2v) is 7.17. The van der Waals surface area contributed by atoms with E-state index in [-0.39, 0.29) is 24.0 Å². The molecule has 0 aromatic carbocycles. The van der Waals surface area contributed by atoms with Gasteiger partial charge in [0.1, 0.15) is 10.8 Å². The summed E-state index contributed by atoms with van der Waals surface area (Å²) in [5.41, 5.74) is 1.80. The summed E-state index contributed by atoms with van der Waals surface area (Å²) in [5.74, 6) is 0.785. The first-order chi connectivity index (χ1) is 12.7. The summed E-state index contributed by atoms with van der Waals surface area (Å²) >= 11 is 1.31. The number of aliphatic hydroxyl groups is 1. The number of hydrogen-bond acceptors (Lipinski definition) is 6. The van der Waals surface area contributed by atoms with Gasteiger partial charge in [0.25, 0.3) is 0 Å². The molecule has 140 valence electrons. The minimum atomic E-state index is -0.294. The topological polar surface area (TPSA) is 97.4 Å². The van der Waals surface area contributed by atoms with Gasteiger partial charge in [0.05, 0.1) is 18.6 Å². The number of nitrogens with zero attached hydrogens (tertiary/aromatic N) is 2. The summed E-state index contributed by atoms with van der Waals surface area (Å²) in [4.78, 5) is 28.7. The Kier molecular flexibility index (Phi) is 6.51. The first kappa shape index (κ1) is 18.7. The molecular formula is C18H23N3O4S. The van der Waals surface area contributed by atoms with E-state index in [0.717, 1.165) is 36.9 Å². The van der Waals surface area contributed by atoms with Gasteiger partial charge in [-0.25, -0.2) is 4.79 Å². The molecule has 2 heterocycles. The molecule has 2 N–H and O–H groups in total. The molecule has 2 aromatic heterocycles. The van der Waals surface area contributed by atoms with Crippen LogP contribution in [0.1, 0.15) is 36.3 Å². The molecule has 0 aliphatic heterocycles. The number of rotatable bonds is 8. The van der Waals surface area contributed by atoms with Crippen molar-refractivity contribution < 1.29 is 14.3 Å². The first-order valence-electron chi connectivity index (χ1n) is 8.84. The van der Waals surface area contributed by atoms with Crippen molar-refractivity contribution in [1.82, 2.24) is 14.9 Å². The fraction of sp³-hybridized carbons (Fsp3) is 0.500. The molecule has 0 saturated heterocycles. The Bertz CT molecular complexity index is 802. The normalized spacial score (nSPS) is 13.4. The van der Waals surface area contributed by atoms with E-state index in [1.165, 1.54) is 11.8 Å². The van der Waals surface area contributed by atoms with Crippen LogP contribution in [0.25, 0.3) is 0 Å². The summed E-state index contributed by atoms with van der Waals surface area (Å²) < 4.78 is 6.87. The smallest absolute Gasteiger partial charge is 0.348 e. The quantitative estimate of drug-likeness (QED) is 0.535. The van der Waals surface area contributed by atoms with Crippen LogP contribution in [0.4, 0.5) is 0 Å². The van der Waals surface area contributed by atoms with Crippen molar-refractivity contribution in [2.45, 2.75) is 50.2 Å². The van der Waals surface area contributed by atoms with Gasteiger partial charge in [-0.1, -0.05) is 11.8 Å². The molecule has 0 fully saturated rings. The van der Waals surface area contributed by atoms with Gasteiger partial charge in [0.2, 0.25) is 5.91 Å². The van der Waals surface area contributed by atoms with Crippen LogP contribution in [-0.4, -0.2) is 32.9 Å². The number of aliphatic hydroxyl groups excluding tert-OH is 1. The second kappa shape index (κ2) is 9.05. The summed E-state index contributed by atoms with van der Waals surface area (Å²) in [6.45, 7) is 0.882. The Hall–Kier alpha value is -2.06. The number of carbonyl (C=O) groups excluding carboxylic acids is 1. The van der Waals surface area contributed by atoms with Crippen LogP contribution in [-0.2, 0) is 30.7 Å². The maximum absolute atomic E-state index is 12.4. The van der Waals surface area contributed by atoms with Crippen LogP contribution < -0.4 is 11.0 Å². The number of amides is 1. The van der Waals surface area contributed by atoms with Crippen molar-refractivity contribution >= 4 is 17.7 Å². The summed E-state index contributed by atoms with van der Waals surface area (Å²) in [5, 5.41) is 12.5. The first-order valence-corrected chi connectivity index (χ1v) is 9.83. The minimum Gasteiger partial charge on any atom is -0.467 e. The van der Waals surface area contributed by atoms with Crippen molar-refractivity contribution in [2.75, 3.05) is 12.4 Å². The number of fused-ring (bicyclic) bond motifs is 1. The number of hydrogen-bond donors (Lipinski definition) is 2. The molecule has 3 rings (SSSR count). The lowest BCUT2D eigenvalue weighted by Gasteiger charge is -2.22. The zero-order valence-electron chi connectivity index (χ0n) is 14.6. The highest BCUT2D eigenvalue weighted by Crippen LogP contribution is 2.28. The fourth-order valence-corrected chi connectivity index (χ4v) is 4.02. The van der Waals surface area contributed by atoms with Gasteiger partial charge in [0.15, 0.2) is 0 Å². The van der Waals surface area contributed by atoms with Crippen LogP contribution in [0.2, 0.25) is 0 Å². The molecule has 1 aliphatic carbocycles. The van der Waals surface area contributed by atoms with Gasteiger partial charge >= 0.3 is 5.69 Å². The van der Waals surface area contributed by atoms with Crippen molar-refractivity contribution in [2.24, 2.45) is 0 Å². The lowest BCUT2D eigenvalue weighted by molar-refractivity contribution is -0.118. The maximum Gasteiger partial charge on any atom is 0.348 e. The summed E-state index contributed by atoms with van der Waals surface area (Å²) in [6, 6.07) is 3.58.